The maximum atomic E-state index is 13.0. The minimum Gasteiger partial charge on any atom is -0.327 e. The number of hydrogen-bond donors (Lipinski definition) is 2. The van der Waals surface area contributed by atoms with Gasteiger partial charge in [-0.15, -0.1) is 0 Å². The van der Waals surface area contributed by atoms with E-state index in [1.54, 1.807) is 12.1 Å². The van der Waals surface area contributed by atoms with Crippen LogP contribution in [0.3, 0.4) is 0 Å². The van der Waals surface area contributed by atoms with Crippen LogP contribution in [0.4, 0.5) is 13.2 Å². The van der Waals surface area contributed by atoms with Gasteiger partial charge in [0, 0.05) is 28.7 Å². The molecular formula is C25H23F3N3O+. The summed E-state index contributed by atoms with van der Waals surface area (Å²) in [7, 11) is 0. The molecule has 4 nitrogen and oxygen atoms in total. The van der Waals surface area contributed by atoms with Crippen molar-refractivity contribution in [1.29, 1.82) is 0 Å². The van der Waals surface area contributed by atoms with E-state index in [-0.39, 0.29) is 5.56 Å². The van der Waals surface area contributed by atoms with Gasteiger partial charge < -0.3 is 4.90 Å². The lowest BCUT2D eigenvalue weighted by atomic mass is 9.99. The number of nitrogens with zero attached hydrogens (tertiary/aromatic N) is 1. The molecular weight excluding hydrogens is 415 g/mol. The van der Waals surface area contributed by atoms with Crippen molar-refractivity contribution >= 4 is 12.1 Å². The van der Waals surface area contributed by atoms with E-state index >= 15 is 0 Å². The number of carbonyl (C=O) groups is 1. The average molecular weight is 438 g/mol. The summed E-state index contributed by atoms with van der Waals surface area (Å²) < 4.78 is 39.1. The minimum atomic E-state index is -4.49. The number of nitrogens with one attached hydrogen (secondary N) is 2. The van der Waals surface area contributed by atoms with Crippen LogP contribution in [0.1, 0.15) is 38.2 Å². The van der Waals surface area contributed by atoms with E-state index in [0.717, 1.165) is 43.9 Å². The Labute approximate surface area is 184 Å². The average Bonchev–Trinajstić information content (AvgIpc) is 2.79. The van der Waals surface area contributed by atoms with Crippen LogP contribution in [-0.4, -0.2) is 18.7 Å². The first-order chi connectivity index (χ1) is 15.4. The molecule has 1 amide bonds. The summed E-state index contributed by atoms with van der Waals surface area (Å²) in [6.45, 7) is 2.91. The number of hydrogen-bond acceptors (Lipinski definition) is 2. The highest BCUT2D eigenvalue weighted by atomic mass is 19.4. The normalized spacial score (nSPS) is 16.0. The maximum absolute atomic E-state index is 13.0. The number of amides is 1. The molecule has 4 rings (SSSR count). The summed E-state index contributed by atoms with van der Waals surface area (Å²) in [6.07, 6.45) is -2.42. The van der Waals surface area contributed by atoms with E-state index in [4.69, 9.17) is 0 Å². The van der Waals surface area contributed by atoms with Gasteiger partial charge in [0.05, 0.1) is 18.3 Å². The second kappa shape index (κ2) is 9.36. The van der Waals surface area contributed by atoms with Crippen molar-refractivity contribution in [1.82, 2.24) is 5.43 Å². The molecule has 0 spiro atoms. The molecule has 7 heteroatoms. The molecule has 0 saturated heterocycles. The topological polar surface area (TPSA) is 45.9 Å². The molecule has 0 bridgehead atoms. The standard InChI is InChI=1S/C25H22F3N3O/c26-25(27,28)23-8-4-3-6-21(23)15-29-30-24(32)20-11-9-18(10-12-20)16-31-14-13-19-5-1-2-7-22(19)17-31/h1-12,15H,13-14,16-17H2,(H,30,32)/p+1/b29-15-. The van der Waals surface area contributed by atoms with Crippen LogP contribution in [-0.2, 0) is 25.7 Å². The van der Waals surface area contributed by atoms with Gasteiger partial charge in [0.25, 0.3) is 5.91 Å². The number of hydrazone groups is 1. The Morgan fingerprint density at radius 3 is 2.41 bits per heavy atom. The number of halogens is 3. The van der Waals surface area contributed by atoms with Gasteiger partial charge in [-0.05, 0) is 23.8 Å². The number of carbonyl (C=O) groups excluding carboxylic acids is 1. The zero-order valence-electron chi connectivity index (χ0n) is 17.3. The van der Waals surface area contributed by atoms with E-state index in [9.17, 15) is 18.0 Å². The summed E-state index contributed by atoms with van der Waals surface area (Å²) in [4.78, 5) is 13.8. The summed E-state index contributed by atoms with van der Waals surface area (Å²) >= 11 is 0. The molecule has 3 aromatic rings. The van der Waals surface area contributed by atoms with Crippen LogP contribution in [0.15, 0.2) is 77.9 Å². The van der Waals surface area contributed by atoms with Gasteiger partial charge in [-0.25, -0.2) is 5.43 Å². The molecule has 3 aromatic carbocycles. The molecule has 32 heavy (non-hydrogen) atoms. The van der Waals surface area contributed by atoms with Crippen molar-refractivity contribution in [2.45, 2.75) is 25.7 Å². The quantitative estimate of drug-likeness (QED) is 0.464. The highest BCUT2D eigenvalue weighted by Gasteiger charge is 2.32. The zero-order chi connectivity index (χ0) is 22.6. The first-order valence-electron chi connectivity index (χ1n) is 10.4. The predicted octanol–water partition coefficient (Wildman–Crippen LogP) is 3.61. The van der Waals surface area contributed by atoms with Crippen LogP contribution in [0, 0.1) is 0 Å². The molecule has 164 valence electrons. The van der Waals surface area contributed by atoms with Gasteiger partial charge in [0.2, 0.25) is 0 Å². The fourth-order valence-electron chi connectivity index (χ4n) is 3.95. The maximum Gasteiger partial charge on any atom is 0.417 e. The molecule has 0 radical (unpaired) electrons. The molecule has 0 aromatic heterocycles. The third kappa shape index (κ3) is 5.23. The lowest BCUT2D eigenvalue weighted by Gasteiger charge is -2.26. The lowest BCUT2D eigenvalue weighted by Crippen LogP contribution is -3.10. The molecule has 1 aliphatic rings. The first-order valence-corrected chi connectivity index (χ1v) is 10.4. The van der Waals surface area contributed by atoms with Crippen LogP contribution < -0.4 is 10.3 Å². The highest BCUT2D eigenvalue weighted by molar-refractivity contribution is 5.95. The Kier molecular flexibility index (Phi) is 6.37. The Hall–Kier alpha value is -3.45. The summed E-state index contributed by atoms with van der Waals surface area (Å²) in [5.41, 5.74) is 5.71. The van der Waals surface area contributed by atoms with Crippen molar-refractivity contribution in [3.8, 4) is 0 Å². The first kappa shape index (κ1) is 21.8. The second-order valence-electron chi connectivity index (χ2n) is 7.85. The van der Waals surface area contributed by atoms with E-state index in [1.807, 2.05) is 12.1 Å². The number of quaternary nitrogens is 1. The van der Waals surface area contributed by atoms with Gasteiger partial charge in [-0.2, -0.15) is 18.3 Å². The second-order valence-corrected chi connectivity index (χ2v) is 7.85. The molecule has 1 unspecified atom stereocenters. The molecule has 1 aliphatic heterocycles. The van der Waals surface area contributed by atoms with Crippen LogP contribution in [0.2, 0.25) is 0 Å². The number of rotatable bonds is 5. The molecule has 2 N–H and O–H groups in total. The Morgan fingerprint density at radius 1 is 0.969 bits per heavy atom. The van der Waals surface area contributed by atoms with Crippen molar-refractivity contribution in [3.05, 3.63) is 106 Å². The Bertz CT molecular complexity index is 1120. The Morgan fingerprint density at radius 2 is 1.66 bits per heavy atom. The molecule has 0 aliphatic carbocycles. The summed E-state index contributed by atoms with van der Waals surface area (Å²) in [6, 6.07) is 20.8. The fraction of sp³-hybridized carbons (Fsp3) is 0.200. The number of fused-ring (bicyclic) bond motifs is 1. The van der Waals surface area contributed by atoms with Gasteiger partial charge in [0.15, 0.2) is 0 Å². The summed E-state index contributed by atoms with van der Waals surface area (Å²) in [5.74, 6) is -0.475. The predicted molar refractivity (Wildman–Crippen MR) is 116 cm³/mol. The van der Waals surface area contributed by atoms with Gasteiger partial charge in [0.1, 0.15) is 13.1 Å². The van der Waals surface area contributed by atoms with E-state index in [2.05, 4.69) is 34.8 Å². The zero-order valence-corrected chi connectivity index (χ0v) is 17.3. The molecule has 0 saturated carbocycles. The van der Waals surface area contributed by atoms with Crippen molar-refractivity contribution < 1.29 is 22.9 Å². The number of alkyl halides is 3. The van der Waals surface area contributed by atoms with Gasteiger partial charge >= 0.3 is 6.18 Å². The van der Waals surface area contributed by atoms with Crippen LogP contribution >= 0.6 is 0 Å². The highest BCUT2D eigenvalue weighted by Crippen LogP contribution is 2.31. The smallest absolute Gasteiger partial charge is 0.327 e. The monoisotopic (exact) mass is 438 g/mol. The van der Waals surface area contributed by atoms with Crippen LogP contribution in [0.25, 0.3) is 0 Å². The van der Waals surface area contributed by atoms with Gasteiger partial charge in [-0.3, -0.25) is 4.79 Å². The summed E-state index contributed by atoms with van der Waals surface area (Å²) in [5, 5.41) is 3.70. The van der Waals surface area contributed by atoms with Gasteiger partial charge in [-0.1, -0.05) is 54.6 Å². The van der Waals surface area contributed by atoms with Crippen LogP contribution in [0.5, 0.6) is 0 Å². The number of benzene rings is 3. The van der Waals surface area contributed by atoms with Crippen molar-refractivity contribution in [2.75, 3.05) is 6.54 Å². The minimum absolute atomic E-state index is 0.110. The molecule has 0 fully saturated rings. The van der Waals surface area contributed by atoms with Crippen molar-refractivity contribution in [2.24, 2.45) is 5.10 Å². The molecule has 1 atom stereocenters. The fourth-order valence-corrected chi connectivity index (χ4v) is 3.95. The Balaban J connectivity index is 1.35. The SMILES string of the molecule is O=C(N/N=C\c1ccccc1C(F)(F)F)c1ccc(C[NH+]2CCc3ccccc3C2)cc1. The third-order valence-electron chi connectivity index (χ3n) is 5.61. The largest absolute Gasteiger partial charge is 0.417 e. The molecule has 1 heterocycles. The van der Waals surface area contributed by atoms with Crippen molar-refractivity contribution in [3.63, 3.8) is 0 Å². The van der Waals surface area contributed by atoms with E-state index in [0.29, 0.717) is 5.56 Å². The van der Waals surface area contributed by atoms with E-state index < -0.39 is 17.6 Å². The van der Waals surface area contributed by atoms with E-state index in [1.165, 1.54) is 34.2 Å². The third-order valence-corrected chi connectivity index (χ3v) is 5.61. The lowest BCUT2D eigenvalue weighted by molar-refractivity contribution is -0.929.